The van der Waals surface area contributed by atoms with Crippen LogP contribution in [-0.4, -0.2) is 41.1 Å². The molecule has 0 radical (unpaired) electrons. The van der Waals surface area contributed by atoms with Crippen molar-refractivity contribution < 1.29 is 9.53 Å². The number of anilines is 1. The van der Waals surface area contributed by atoms with E-state index >= 15 is 0 Å². The van der Waals surface area contributed by atoms with E-state index in [1.165, 1.54) is 5.56 Å². The number of carbonyl (C=O) groups is 1. The largest absolute Gasteiger partial charge is 0.497 e. The summed E-state index contributed by atoms with van der Waals surface area (Å²) < 4.78 is 6.27. The summed E-state index contributed by atoms with van der Waals surface area (Å²) in [4.78, 5) is 30.0. The van der Waals surface area contributed by atoms with Crippen molar-refractivity contribution in [1.82, 2.24) is 20.3 Å². The van der Waals surface area contributed by atoms with Crippen molar-refractivity contribution in [3.63, 3.8) is 0 Å². The highest BCUT2D eigenvalue weighted by Crippen LogP contribution is 2.38. The van der Waals surface area contributed by atoms with Crippen molar-refractivity contribution in [2.75, 3.05) is 25.1 Å². The van der Waals surface area contributed by atoms with Crippen LogP contribution in [-0.2, 0) is 11.3 Å². The van der Waals surface area contributed by atoms with E-state index in [-0.39, 0.29) is 11.8 Å². The third-order valence-electron chi connectivity index (χ3n) is 6.32. The Labute approximate surface area is 196 Å². The van der Waals surface area contributed by atoms with Gasteiger partial charge in [0.05, 0.1) is 17.3 Å². The van der Waals surface area contributed by atoms with Crippen LogP contribution in [0.5, 0.6) is 5.75 Å². The van der Waals surface area contributed by atoms with Gasteiger partial charge in [0.2, 0.25) is 5.91 Å². The standard InChI is InChI=1S/C25H27N5O2S/c1-15-12-16(2)29-25-20(15)21-22(33-25)23(28-14-27-21)30-10-8-18(9-11-30)24(31)26-13-17-4-6-19(32-3)7-5-17/h4-7,12,14,18H,8-11,13H2,1-3H3,(H,26,31). The van der Waals surface area contributed by atoms with Crippen molar-refractivity contribution in [1.29, 1.82) is 0 Å². The number of hydrogen-bond acceptors (Lipinski definition) is 7. The maximum absolute atomic E-state index is 12.8. The number of pyridine rings is 1. The minimum Gasteiger partial charge on any atom is -0.497 e. The Morgan fingerprint density at radius 2 is 1.94 bits per heavy atom. The van der Waals surface area contributed by atoms with Crippen LogP contribution < -0.4 is 15.0 Å². The van der Waals surface area contributed by atoms with Gasteiger partial charge in [-0.25, -0.2) is 15.0 Å². The first-order valence-electron chi connectivity index (χ1n) is 11.2. The van der Waals surface area contributed by atoms with Crippen molar-refractivity contribution in [2.24, 2.45) is 5.92 Å². The summed E-state index contributed by atoms with van der Waals surface area (Å²) in [7, 11) is 1.65. The summed E-state index contributed by atoms with van der Waals surface area (Å²) in [6, 6.07) is 9.88. The molecule has 170 valence electrons. The molecule has 0 bridgehead atoms. The number of fused-ring (bicyclic) bond motifs is 3. The number of piperidine rings is 1. The minimum absolute atomic E-state index is 0.0193. The number of rotatable bonds is 5. The lowest BCUT2D eigenvalue weighted by Crippen LogP contribution is -2.40. The third kappa shape index (κ3) is 4.23. The molecule has 7 nitrogen and oxygen atoms in total. The fourth-order valence-electron chi connectivity index (χ4n) is 4.55. The zero-order chi connectivity index (χ0) is 22.9. The summed E-state index contributed by atoms with van der Waals surface area (Å²) in [6.45, 7) is 6.26. The Balaban J connectivity index is 1.27. The summed E-state index contributed by atoms with van der Waals surface area (Å²) in [5.74, 6) is 1.91. The molecule has 0 saturated carbocycles. The molecule has 1 fully saturated rings. The van der Waals surface area contributed by atoms with Crippen LogP contribution in [0.2, 0.25) is 0 Å². The second-order valence-electron chi connectivity index (χ2n) is 8.56. The smallest absolute Gasteiger partial charge is 0.223 e. The molecule has 33 heavy (non-hydrogen) atoms. The second-order valence-corrected chi connectivity index (χ2v) is 9.56. The molecule has 4 heterocycles. The lowest BCUT2D eigenvalue weighted by atomic mass is 9.95. The van der Waals surface area contributed by atoms with Gasteiger partial charge in [-0.1, -0.05) is 12.1 Å². The summed E-state index contributed by atoms with van der Waals surface area (Å²) in [5, 5.41) is 4.21. The third-order valence-corrected chi connectivity index (χ3v) is 7.39. The van der Waals surface area contributed by atoms with Gasteiger partial charge >= 0.3 is 0 Å². The summed E-state index contributed by atoms with van der Waals surface area (Å²) in [5.41, 5.74) is 4.25. The average molecular weight is 462 g/mol. The molecule has 0 aliphatic carbocycles. The Morgan fingerprint density at radius 1 is 1.18 bits per heavy atom. The van der Waals surface area contributed by atoms with Gasteiger partial charge in [-0.05, 0) is 56.0 Å². The Morgan fingerprint density at radius 3 is 2.67 bits per heavy atom. The van der Waals surface area contributed by atoms with Gasteiger partial charge in [0.1, 0.15) is 22.7 Å². The molecule has 0 atom stereocenters. The van der Waals surface area contributed by atoms with E-state index < -0.39 is 0 Å². The van der Waals surface area contributed by atoms with E-state index in [1.54, 1.807) is 24.8 Å². The van der Waals surface area contributed by atoms with E-state index in [2.05, 4.69) is 33.2 Å². The molecule has 0 unspecified atom stereocenters. The molecule has 1 aromatic carbocycles. The van der Waals surface area contributed by atoms with Crippen LogP contribution in [0.15, 0.2) is 36.7 Å². The number of nitrogens with one attached hydrogen (secondary N) is 1. The fourth-order valence-corrected chi connectivity index (χ4v) is 5.82. The van der Waals surface area contributed by atoms with Gasteiger partial charge in [0.25, 0.3) is 0 Å². The topological polar surface area (TPSA) is 80.2 Å². The highest BCUT2D eigenvalue weighted by atomic mass is 32.1. The van der Waals surface area contributed by atoms with Gasteiger partial charge in [0.15, 0.2) is 0 Å². The molecule has 1 saturated heterocycles. The number of nitrogens with zero attached hydrogens (tertiary/aromatic N) is 4. The minimum atomic E-state index is 0.0193. The number of carbonyl (C=O) groups excluding carboxylic acids is 1. The van der Waals surface area contributed by atoms with E-state index in [0.717, 1.165) is 69.2 Å². The number of thiophene rings is 1. The lowest BCUT2D eigenvalue weighted by Gasteiger charge is -2.32. The Bertz CT molecular complexity index is 1310. The Hall–Kier alpha value is -3.26. The van der Waals surface area contributed by atoms with Crippen molar-refractivity contribution in [3.05, 3.63) is 53.5 Å². The average Bonchev–Trinajstić information content (AvgIpc) is 3.21. The molecule has 8 heteroatoms. The van der Waals surface area contributed by atoms with Crippen LogP contribution in [0.4, 0.5) is 5.82 Å². The monoisotopic (exact) mass is 461 g/mol. The SMILES string of the molecule is COc1ccc(CNC(=O)C2CCN(c3ncnc4c3sc3nc(C)cc(C)c34)CC2)cc1. The molecule has 4 aromatic rings. The van der Waals surface area contributed by atoms with Gasteiger partial charge < -0.3 is 15.0 Å². The number of methoxy groups -OCH3 is 1. The van der Waals surface area contributed by atoms with E-state index in [0.29, 0.717) is 6.54 Å². The molecule has 3 aromatic heterocycles. The lowest BCUT2D eigenvalue weighted by molar-refractivity contribution is -0.125. The number of aromatic nitrogens is 3. The van der Waals surface area contributed by atoms with Gasteiger partial charge in [0, 0.05) is 36.6 Å². The highest BCUT2D eigenvalue weighted by molar-refractivity contribution is 7.26. The molecule has 1 aliphatic heterocycles. The van der Waals surface area contributed by atoms with E-state index in [9.17, 15) is 4.79 Å². The molecule has 1 N–H and O–H groups in total. The van der Waals surface area contributed by atoms with Gasteiger partial charge in [-0.3, -0.25) is 4.79 Å². The highest BCUT2D eigenvalue weighted by Gasteiger charge is 2.27. The number of ether oxygens (including phenoxy) is 1. The molecule has 0 spiro atoms. The zero-order valence-corrected chi connectivity index (χ0v) is 19.9. The number of amides is 1. The molecular formula is C25H27N5O2S. The predicted molar refractivity (Wildman–Crippen MR) is 132 cm³/mol. The van der Waals surface area contributed by atoms with Crippen molar-refractivity contribution >= 4 is 43.5 Å². The maximum Gasteiger partial charge on any atom is 0.223 e. The molecule has 1 amide bonds. The van der Waals surface area contributed by atoms with Gasteiger partial charge in [-0.15, -0.1) is 11.3 Å². The quantitative estimate of drug-likeness (QED) is 0.475. The molecular weight excluding hydrogens is 434 g/mol. The summed E-state index contributed by atoms with van der Waals surface area (Å²) >= 11 is 1.66. The van der Waals surface area contributed by atoms with Crippen LogP contribution in [0.1, 0.15) is 29.7 Å². The molecule has 5 rings (SSSR count). The molecule has 1 aliphatic rings. The number of hydrogen-bond donors (Lipinski definition) is 1. The first kappa shape index (κ1) is 21.6. The van der Waals surface area contributed by atoms with Crippen LogP contribution in [0, 0.1) is 19.8 Å². The van der Waals surface area contributed by atoms with E-state index in [4.69, 9.17) is 9.72 Å². The van der Waals surface area contributed by atoms with E-state index in [1.807, 2.05) is 31.2 Å². The van der Waals surface area contributed by atoms with Crippen molar-refractivity contribution in [3.8, 4) is 5.75 Å². The Kier molecular flexibility index (Phi) is 5.85. The second kappa shape index (κ2) is 8.94. The fraction of sp³-hybridized carbons (Fsp3) is 0.360. The van der Waals surface area contributed by atoms with Crippen LogP contribution >= 0.6 is 11.3 Å². The maximum atomic E-state index is 12.8. The predicted octanol–water partition coefficient (Wildman–Crippen LogP) is 4.40. The first-order chi connectivity index (χ1) is 16.0. The normalized spacial score (nSPS) is 14.7. The number of aryl methyl sites for hydroxylation is 2. The van der Waals surface area contributed by atoms with Crippen LogP contribution in [0.3, 0.4) is 0 Å². The first-order valence-corrected chi connectivity index (χ1v) is 12.0. The zero-order valence-electron chi connectivity index (χ0n) is 19.1. The number of benzene rings is 1. The summed E-state index contributed by atoms with van der Waals surface area (Å²) in [6.07, 6.45) is 3.26. The van der Waals surface area contributed by atoms with Gasteiger partial charge in [-0.2, -0.15) is 0 Å². The van der Waals surface area contributed by atoms with Crippen molar-refractivity contribution in [2.45, 2.75) is 33.2 Å². The van der Waals surface area contributed by atoms with Crippen LogP contribution in [0.25, 0.3) is 20.4 Å².